The number of hydrogen-bond acceptors (Lipinski definition) is 1. The summed E-state index contributed by atoms with van der Waals surface area (Å²) in [7, 11) is 0. The number of rotatable bonds is 0. The quantitative estimate of drug-likeness (QED) is 0.490. The van der Waals surface area contributed by atoms with Gasteiger partial charge in [-0.2, -0.15) is 6.08 Å². The van der Waals surface area contributed by atoms with Gasteiger partial charge in [0, 0.05) is 13.2 Å². The fraction of sp³-hybridized carbons (Fsp3) is 0.500. The molecule has 0 spiro atoms. The van der Waals surface area contributed by atoms with Crippen molar-refractivity contribution >= 4 is 48.9 Å². The first-order valence-electron chi connectivity index (χ1n) is 3.79. The predicted molar refractivity (Wildman–Crippen MR) is 53.8 cm³/mol. The van der Waals surface area contributed by atoms with Gasteiger partial charge in [0.2, 0.25) is 0 Å². The maximum atomic E-state index is 4.94. The molecule has 12 heavy (non-hydrogen) atoms. The third-order valence-electron chi connectivity index (χ3n) is 1.41. The van der Waals surface area contributed by atoms with Gasteiger partial charge in [0.25, 0.3) is 0 Å². The molecule has 1 heterocycles. The van der Waals surface area contributed by atoms with E-state index in [2.05, 4.69) is 12.2 Å². The van der Waals surface area contributed by atoms with Crippen LogP contribution in [0.1, 0.15) is 19.3 Å². The fourth-order valence-electron chi connectivity index (χ4n) is 0.851. The topological polar surface area (TPSA) is 9.23 Å². The Morgan fingerprint density at radius 3 is 2.00 bits per heavy atom. The molecule has 2 aliphatic rings. The van der Waals surface area contributed by atoms with E-state index in [-0.39, 0.29) is 56.3 Å². The second-order valence-electron chi connectivity index (χ2n) is 2.32. The molecule has 0 amide bonds. The number of hydrogen-bond donors (Lipinski definition) is 0. The molecule has 0 unspecified atom stereocenters. The zero-order valence-corrected chi connectivity index (χ0v) is 12.3. The van der Waals surface area contributed by atoms with E-state index in [1.165, 1.54) is 12.8 Å². The minimum absolute atomic E-state index is 0. The van der Waals surface area contributed by atoms with Crippen molar-refractivity contribution in [1.29, 1.82) is 0 Å². The zero-order chi connectivity index (χ0) is 7.07. The Balaban J connectivity index is 0. The van der Waals surface area contributed by atoms with Crippen LogP contribution in [-0.2, 0) is 4.74 Å². The summed E-state index contributed by atoms with van der Waals surface area (Å²) in [5, 5.41) is 0. The van der Waals surface area contributed by atoms with Gasteiger partial charge in [-0.25, -0.2) is 12.2 Å². The molecule has 1 saturated heterocycles. The summed E-state index contributed by atoms with van der Waals surface area (Å²) in [5.74, 6) is 0. The third kappa shape index (κ3) is 9.10. The van der Waals surface area contributed by atoms with Crippen LogP contribution in [-0.4, -0.2) is 62.1 Å². The average Bonchev–Trinajstić information content (AvgIpc) is 2.67. The van der Waals surface area contributed by atoms with Crippen LogP contribution in [0.4, 0.5) is 0 Å². The summed E-state index contributed by atoms with van der Waals surface area (Å²) in [5.41, 5.74) is 0. The second kappa shape index (κ2) is 12.0. The second-order valence-corrected chi connectivity index (χ2v) is 2.32. The van der Waals surface area contributed by atoms with E-state index in [4.69, 9.17) is 4.74 Å². The van der Waals surface area contributed by atoms with Crippen molar-refractivity contribution in [2.45, 2.75) is 19.3 Å². The van der Waals surface area contributed by atoms with Gasteiger partial charge in [-0.15, -0.1) is 6.42 Å². The van der Waals surface area contributed by atoms with Crippen molar-refractivity contribution in [1.82, 2.24) is 0 Å². The van der Waals surface area contributed by atoms with Gasteiger partial charge in [-0.05, 0) is 12.8 Å². The molecule has 0 saturated carbocycles. The average molecular weight is 290 g/mol. The molecular weight excluding hydrogens is 273 g/mol. The number of ether oxygens (including phenoxy) is 1. The van der Waals surface area contributed by atoms with Gasteiger partial charge in [-0.1, -0.05) is 0 Å². The molecular formula is C10H16BaO. The Bertz CT molecular complexity index is 108. The Morgan fingerprint density at radius 1 is 1.17 bits per heavy atom. The first kappa shape index (κ1) is 15.5. The molecule has 1 aliphatic heterocycles. The number of allylic oxidation sites excluding steroid dienone is 4. The van der Waals surface area contributed by atoms with Crippen molar-refractivity contribution in [3.63, 3.8) is 0 Å². The molecule has 0 aromatic carbocycles. The monoisotopic (exact) mass is 290 g/mol. The minimum atomic E-state index is 0. The zero-order valence-electron chi connectivity index (χ0n) is 7.88. The van der Waals surface area contributed by atoms with E-state index in [0.717, 1.165) is 19.6 Å². The predicted octanol–water partition coefficient (Wildman–Crippen LogP) is 2.17. The summed E-state index contributed by atoms with van der Waals surface area (Å²) >= 11 is 0. The van der Waals surface area contributed by atoms with Crippen molar-refractivity contribution < 1.29 is 4.74 Å². The van der Waals surface area contributed by atoms with Crippen LogP contribution in [0, 0.1) is 13.5 Å². The van der Waals surface area contributed by atoms with Crippen molar-refractivity contribution in [3.05, 3.63) is 31.7 Å². The van der Waals surface area contributed by atoms with E-state index >= 15 is 0 Å². The smallest absolute Gasteiger partial charge is 0.381 e. The molecule has 1 nitrogen and oxygen atoms in total. The maximum Gasteiger partial charge on any atom is 2.00 e. The van der Waals surface area contributed by atoms with E-state index in [1.807, 2.05) is 12.2 Å². The van der Waals surface area contributed by atoms with Gasteiger partial charge < -0.3 is 12.2 Å². The van der Waals surface area contributed by atoms with Gasteiger partial charge in [0.05, 0.1) is 0 Å². The van der Waals surface area contributed by atoms with Crippen molar-refractivity contribution in [2.75, 3.05) is 13.2 Å². The molecule has 0 aromatic rings. The molecule has 0 bridgehead atoms. The normalized spacial score (nSPS) is 17.3. The molecule has 1 aliphatic carbocycles. The van der Waals surface area contributed by atoms with E-state index in [1.54, 1.807) is 0 Å². The first-order valence-corrected chi connectivity index (χ1v) is 3.79. The summed E-state index contributed by atoms with van der Waals surface area (Å²) in [6, 6.07) is 0. The molecule has 0 N–H and O–H groups in total. The van der Waals surface area contributed by atoms with Gasteiger partial charge in [-0.3, -0.25) is 6.08 Å². The van der Waals surface area contributed by atoms with Crippen LogP contribution in [0.2, 0.25) is 0 Å². The van der Waals surface area contributed by atoms with Gasteiger partial charge in [0.1, 0.15) is 0 Å². The van der Waals surface area contributed by atoms with Crippen molar-refractivity contribution in [3.8, 4) is 0 Å². The molecule has 2 rings (SSSR count). The summed E-state index contributed by atoms with van der Waals surface area (Å²) in [6.07, 6.45) is 12.6. The first-order chi connectivity index (χ1) is 5.00. The SMILES string of the molecule is C1CCOC1.[Ba+2].[C-]1=CC=CC1.[CH3-]. The molecule has 2 heteroatoms. The molecule has 0 aromatic heterocycles. The minimum Gasteiger partial charge on any atom is -0.381 e. The summed E-state index contributed by atoms with van der Waals surface area (Å²) < 4.78 is 4.94. The standard InChI is InChI=1S/C5H5.C4H8O.CH3.Ba/c2*1-2-4-5-3-1;;/h1-3H,4H2;1-4H2;1H3;/q-1;;-1;+2. The van der Waals surface area contributed by atoms with E-state index in [0.29, 0.717) is 0 Å². The molecule has 0 radical (unpaired) electrons. The van der Waals surface area contributed by atoms with Crippen LogP contribution in [0.5, 0.6) is 0 Å². The Hall–Kier alpha value is 1.01. The molecule has 0 atom stereocenters. The van der Waals surface area contributed by atoms with E-state index < -0.39 is 0 Å². The Kier molecular flexibility index (Phi) is 15.5. The Labute approximate surface area is 116 Å². The molecule has 64 valence electrons. The fourth-order valence-corrected chi connectivity index (χ4v) is 0.851. The molecule has 1 fully saturated rings. The third-order valence-corrected chi connectivity index (χ3v) is 1.41. The van der Waals surface area contributed by atoms with Crippen LogP contribution in [0.15, 0.2) is 18.2 Å². The van der Waals surface area contributed by atoms with Gasteiger partial charge in [0.15, 0.2) is 0 Å². The van der Waals surface area contributed by atoms with Crippen LogP contribution in [0.3, 0.4) is 0 Å². The van der Waals surface area contributed by atoms with E-state index in [9.17, 15) is 0 Å². The maximum absolute atomic E-state index is 4.94. The van der Waals surface area contributed by atoms with Crippen LogP contribution < -0.4 is 0 Å². The van der Waals surface area contributed by atoms with Crippen molar-refractivity contribution in [2.24, 2.45) is 0 Å². The Morgan fingerprint density at radius 2 is 1.83 bits per heavy atom. The van der Waals surface area contributed by atoms with Crippen LogP contribution >= 0.6 is 0 Å². The summed E-state index contributed by atoms with van der Waals surface area (Å²) in [4.78, 5) is 0. The largest absolute Gasteiger partial charge is 2.00 e. The summed E-state index contributed by atoms with van der Waals surface area (Å²) in [6.45, 7) is 2.00. The van der Waals surface area contributed by atoms with Gasteiger partial charge >= 0.3 is 48.9 Å². The van der Waals surface area contributed by atoms with Crippen LogP contribution in [0.25, 0.3) is 0 Å².